The minimum Gasteiger partial charge on any atom is -0.350 e. The summed E-state index contributed by atoms with van der Waals surface area (Å²) >= 11 is 7.72. The van der Waals surface area contributed by atoms with Crippen molar-refractivity contribution in [2.24, 2.45) is 0 Å². The van der Waals surface area contributed by atoms with E-state index >= 15 is 0 Å². The second kappa shape index (κ2) is 8.67. The number of benzene rings is 1. The molecule has 3 rings (SSSR count). The van der Waals surface area contributed by atoms with E-state index in [-0.39, 0.29) is 18.3 Å². The van der Waals surface area contributed by atoms with E-state index in [4.69, 9.17) is 11.6 Å². The van der Waals surface area contributed by atoms with Crippen molar-refractivity contribution < 1.29 is 4.79 Å². The van der Waals surface area contributed by atoms with Crippen LogP contribution in [0.25, 0.3) is 15.9 Å². The molecule has 0 aliphatic heterocycles. The third kappa shape index (κ3) is 4.15. The Morgan fingerprint density at radius 3 is 2.80 bits per heavy atom. The summed E-state index contributed by atoms with van der Waals surface area (Å²) in [5.74, 6) is -0.0563. The lowest BCUT2D eigenvalue weighted by Gasteiger charge is -2.05. The maximum absolute atomic E-state index is 12.3. The molecule has 2 N–H and O–H groups in total. The van der Waals surface area contributed by atoms with Crippen molar-refractivity contribution in [1.82, 2.24) is 20.4 Å². The Bertz CT molecular complexity index is 875. The molecule has 0 spiro atoms. The highest BCUT2D eigenvalue weighted by atomic mass is 35.5. The van der Waals surface area contributed by atoms with Crippen molar-refractivity contribution in [2.45, 2.75) is 13.8 Å². The highest BCUT2D eigenvalue weighted by Crippen LogP contribution is 2.32. The highest BCUT2D eigenvalue weighted by molar-refractivity contribution is 7.20. The van der Waals surface area contributed by atoms with Crippen LogP contribution in [0.1, 0.15) is 22.3 Å². The van der Waals surface area contributed by atoms with Gasteiger partial charge in [0, 0.05) is 18.5 Å². The lowest BCUT2D eigenvalue weighted by molar-refractivity contribution is 0.0958. The van der Waals surface area contributed by atoms with Gasteiger partial charge < -0.3 is 10.6 Å². The quantitative estimate of drug-likeness (QED) is 0.620. The summed E-state index contributed by atoms with van der Waals surface area (Å²) in [5, 5.41) is 12.3. The van der Waals surface area contributed by atoms with Gasteiger partial charge in [-0.2, -0.15) is 5.10 Å². The zero-order valence-electron chi connectivity index (χ0n) is 14.0. The number of aryl methyl sites for hydroxylation is 1. The second-order valence-corrected chi connectivity index (χ2v) is 6.83. The molecule has 3 aromatic rings. The van der Waals surface area contributed by atoms with Crippen molar-refractivity contribution in [3.8, 4) is 5.69 Å². The van der Waals surface area contributed by atoms with Crippen LogP contribution < -0.4 is 10.6 Å². The largest absolute Gasteiger partial charge is 0.350 e. The van der Waals surface area contributed by atoms with E-state index in [1.54, 1.807) is 0 Å². The van der Waals surface area contributed by atoms with Gasteiger partial charge in [0.15, 0.2) is 0 Å². The third-order valence-corrected chi connectivity index (χ3v) is 5.12. The number of rotatable bonds is 6. The van der Waals surface area contributed by atoms with Gasteiger partial charge in [-0.3, -0.25) is 4.79 Å². The number of thiophene rings is 1. The predicted octanol–water partition coefficient (Wildman–Crippen LogP) is 3.81. The van der Waals surface area contributed by atoms with Crippen molar-refractivity contribution in [2.75, 3.05) is 19.6 Å². The molecule has 1 amide bonds. The molecule has 2 heterocycles. The smallest absolute Gasteiger partial charge is 0.261 e. The maximum atomic E-state index is 12.3. The first-order valence-electron chi connectivity index (χ1n) is 7.84. The first kappa shape index (κ1) is 19.7. The lowest BCUT2D eigenvalue weighted by Crippen LogP contribution is -2.31. The summed E-state index contributed by atoms with van der Waals surface area (Å²) in [4.78, 5) is 13.9. The number of carbonyl (C=O) groups is 1. The molecule has 0 aliphatic carbocycles. The van der Waals surface area contributed by atoms with Crippen LogP contribution in [-0.2, 0) is 0 Å². The molecule has 0 saturated heterocycles. The van der Waals surface area contributed by atoms with E-state index in [1.165, 1.54) is 11.3 Å². The fourth-order valence-corrected chi connectivity index (χ4v) is 3.78. The molecule has 25 heavy (non-hydrogen) atoms. The molecule has 0 atom stereocenters. The molecule has 0 aliphatic rings. The monoisotopic (exact) mass is 398 g/mol. The van der Waals surface area contributed by atoms with Gasteiger partial charge >= 0.3 is 0 Å². The van der Waals surface area contributed by atoms with Gasteiger partial charge in [0.25, 0.3) is 5.91 Å². The van der Waals surface area contributed by atoms with Crippen molar-refractivity contribution in [3.63, 3.8) is 0 Å². The van der Waals surface area contributed by atoms with Crippen molar-refractivity contribution >= 4 is 51.5 Å². The first-order chi connectivity index (χ1) is 11.6. The topological polar surface area (TPSA) is 58.9 Å². The maximum Gasteiger partial charge on any atom is 0.261 e. The van der Waals surface area contributed by atoms with Crippen LogP contribution in [0, 0.1) is 6.92 Å². The molecule has 0 bridgehead atoms. The molecular formula is C17H20Cl2N4OS. The number of fused-ring (bicyclic) bond motifs is 1. The zero-order valence-corrected chi connectivity index (χ0v) is 16.4. The molecule has 0 fully saturated rings. The van der Waals surface area contributed by atoms with Gasteiger partial charge in [-0.05, 0) is 31.7 Å². The van der Waals surface area contributed by atoms with Crippen molar-refractivity contribution in [1.29, 1.82) is 0 Å². The fraction of sp³-hybridized carbons (Fsp3) is 0.294. The Kier molecular flexibility index (Phi) is 6.84. The highest BCUT2D eigenvalue weighted by Gasteiger charge is 2.17. The number of carbonyl (C=O) groups excluding carboxylic acids is 1. The molecular weight excluding hydrogens is 379 g/mol. The minimum atomic E-state index is -0.0563. The Hall–Kier alpha value is -1.60. The predicted molar refractivity (Wildman–Crippen MR) is 107 cm³/mol. The number of likely N-dealkylation sites (N-methyl/N-ethyl adjacent to an activating group) is 1. The molecule has 2 aromatic heterocycles. The van der Waals surface area contributed by atoms with Crippen molar-refractivity contribution in [3.05, 3.63) is 45.9 Å². The average molecular weight is 399 g/mol. The normalized spacial score (nSPS) is 10.7. The number of amides is 1. The molecule has 1 aromatic carbocycles. The van der Waals surface area contributed by atoms with Gasteiger partial charge in [-0.15, -0.1) is 23.7 Å². The van der Waals surface area contributed by atoms with Gasteiger partial charge in [-0.1, -0.05) is 30.7 Å². The molecule has 8 heteroatoms. The SMILES string of the molecule is CCNCCNC(=O)c1cc2c(C)nn(-c3ccccc3Cl)c2s1.Cl. The van der Waals surface area contributed by atoms with Crippen LogP contribution >= 0.6 is 35.3 Å². The Morgan fingerprint density at radius 2 is 2.08 bits per heavy atom. The van der Waals surface area contributed by atoms with E-state index in [1.807, 2.05) is 48.9 Å². The van der Waals surface area contributed by atoms with Crippen LogP contribution in [0.5, 0.6) is 0 Å². The van der Waals surface area contributed by atoms with Crippen LogP contribution in [-0.4, -0.2) is 35.3 Å². The van der Waals surface area contributed by atoms with Gasteiger partial charge in [0.1, 0.15) is 4.83 Å². The lowest BCUT2D eigenvalue weighted by atomic mass is 10.3. The first-order valence-corrected chi connectivity index (χ1v) is 9.04. The van der Waals surface area contributed by atoms with Gasteiger partial charge in [-0.25, -0.2) is 4.68 Å². The van der Waals surface area contributed by atoms with E-state index < -0.39 is 0 Å². The van der Waals surface area contributed by atoms with E-state index in [9.17, 15) is 4.79 Å². The van der Waals surface area contributed by atoms with Crippen LogP contribution in [0.4, 0.5) is 0 Å². The number of para-hydroxylation sites is 1. The Labute approximate surface area is 161 Å². The average Bonchev–Trinajstić information content (AvgIpc) is 3.13. The van der Waals surface area contributed by atoms with E-state index in [0.717, 1.165) is 34.7 Å². The summed E-state index contributed by atoms with van der Waals surface area (Å²) in [6.07, 6.45) is 0. The number of hydrogen-bond donors (Lipinski definition) is 2. The van der Waals surface area contributed by atoms with Gasteiger partial charge in [0.05, 0.1) is 21.3 Å². The summed E-state index contributed by atoms with van der Waals surface area (Å²) < 4.78 is 1.81. The van der Waals surface area contributed by atoms with Crippen LogP contribution in [0.15, 0.2) is 30.3 Å². The fourth-order valence-electron chi connectivity index (χ4n) is 2.47. The Morgan fingerprint density at radius 1 is 1.32 bits per heavy atom. The molecule has 0 unspecified atom stereocenters. The van der Waals surface area contributed by atoms with Gasteiger partial charge in [0.2, 0.25) is 0 Å². The second-order valence-electron chi connectivity index (χ2n) is 5.39. The summed E-state index contributed by atoms with van der Waals surface area (Å²) in [5.41, 5.74) is 1.70. The number of nitrogens with zero attached hydrogens (tertiary/aromatic N) is 2. The number of hydrogen-bond acceptors (Lipinski definition) is 4. The van der Waals surface area contributed by atoms with E-state index in [2.05, 4.69) is 15.7 Å². The van der Waals surface area contributed by atoms with E-state index in [0.29, 0.717) is 16.4 Å². The summed E-state index contributed by atoms with van der Waals surface area (Å²) in [6.45, 7) is 6.24. The Balaban J connectivity index is 0.00000225. The number of halogens is 2. The zero-order chi connectivity index (χ0) is 17.1. The number of nitrogens with one attached hydrogen (secondary N) is 2. The molecule has 0 radical (unpaired) electrons. The molecule has 0 saturated carbocycles. The molecule has 134 valence electrons. The standard InChI is InChI=1S/C17H19ClN4OS.ClH/c1-3-19-8-9-20-16(23)15-10-12-11(2)21-22(17(12)24-15)14-7-5-4-6-13(14)18;/h4-7,10,19H,3,8-9H2,1-2H3,(H,20,23);1H. The summed E-state index contributed by atoms with van der Waals surface area (Å²) in [7, 11) is 0. The minimum absolute atomic E-state index is 0. The van der Waals surface area contributed by atoms with Crippen LogP contribution in [0.3, 0.4) is 0 Å². The van der Waals surface area contributed by atoms with Crippen LogP contribution in [0.2, 0.25) is 5.02 Å². The molecule has 5 nitrogen and oxygen atoms in total. The third-order valence-electron chi connectivity index (χ3n) is 3.69. The number of aromatic nitrogens is 2. The summed E-state index contributed by atoms with van der Waals surface area (Å²) in [6, 6.07) is 9.47.